The van der Waals surface area contributed by atoms with Crippen molar-refractivity contribution >= 4 is 32.7 Å². The Bertz CT molecular complexity index is 831. The highest BCUT2D eigenvalue weighted by molar-refractivity contribution is 7.89. The average molecular weight is 400 g/mol. The minimum absolute atomic E-state index is 0.379. The Balaban J connectivity index is 1.86. The Morgan fingerprint density at radius 1 is 1.24 bits per heavy atom. The van der Waals surface area contributed by atoms with Gasteiger partial charge in [0, 0.05) is 36.4 Å². The van der Waals surface area contributed by atoms with Gasteiger partial charge in [-0.15, -0.1) is 22.7 Å². The van der Waals surface area contributed by atoms with Crippen LogP contribution in [-0.4, -0.2) is 55.3 Å². The van der Waals surface area contributed by atoms with Crippen LogP contribution in [0.25, 0.3) is 9.88 Å². The van der Waals surface area contributed by atoms with Gasteiger partial charge >= 0.3 is 0 Å². The van der Waals surface area contributed by atoms with Gasteiger partial charge in [0.25, 0.3) is 0 Å². The SMILES string of the molecule is CCN1CCN(S(=O)(=O)c2cc(-c3nc(C(C)C)cs3)sc2C)CC1. The number of hydrogen-bond donors (Lipinski definition) is 0. The summed E-state index contributed by atoms with van der Waals surface area (Å²) < 4.78 is 27.7. The third-order valence-corrected chi connectivity index (χ3v) is 8.83. The molecule has 0 bridgehead atoms. The van der Waals surface area contributed by atoms with Gasteiger partial charge in [-0.05, 0) is 25.5 Å². The maximum Gasteiger partial charge on any atom is 0.244 e. The van der Waals surface area contributed by atoms with E-state index in [1.807, 2.05) is 13.0 Å². The van der Waals surface area contributed by atoms with E-state index in [0.29, 0.717) is 23.9 Å². The lowest BCUT2D eigenvalue weighted by Crippen LogP contribution is -2.48. The third kappa shape index (κ3) is 3.83. The van der Waals surface area contributed by atoms with E-state index < -0.39 is 10.0 Å². The van der Waals surface area contributed by atoms with Crippen LogP contribution >= 0.6 is 22.7 Å². The van der Waals surface area contributed by atoms with Gasteiger partial charge in [-0.3, -0.25) is 0 Å². The molecular weight excluding hydrogens is 374 g/mol. The Labute approximate surface area is 158 Å². The average Bonchev–Trinajstić information content (AvgIpc) is 3.22. The van der Waals surface area contributed by atoms with E-state index in [9.17, 15) is 8.42 Å². The van der Waals surface area contributed by atoms with E-state index in [1.54, 1.807) is 15.6 Å². The molecule has 2 aromatic rings. The minimum Gasteiger partial charge on any atom is -0.301 e. The first-order valence-corrected chi connectivity index (χ1v) is 11.7. The minimum atomic E-state index is -3.43. The zero-order valence-corrected chi connectivity index (χ0v) is 17.6. The lowest BCUT2D eigenvalue weighted by atomic mass is 10.2. The van der Waals surface area contributed by atoms with Crippen LogP contribution < -0.4 is 0 Å². The molecule has 0 aromatic carbocycles. The fourth-order valence-electron chi connectivity index (χ4n) is 2.92. The van der Waals surface area contributed by atoms with Crippen molar-refractivity contribution in [2.24, 2.45) is 0 Å². The molecule has 0 aliphatic carbocycles. The van der Waals surface area contributed by atoms with Gasteiger partial charge in [0.1, 0.15) is 5.01 Å². The van der Waals surface area contributed by atoms with Gasteiger partial charge in [-0.2, -0.15) is 4.31 Å². The topological polar surface area (TPSA) is 53.5 Å². The van der Waals surface area contributed by atoms with Crippen LogP contribution in [0.2, 0.25) is 0 Å². The van der Waals surface area contributed by atoms with Gasteiger partial charge in [0.05, 0.1) is 15.5 Å². The first kappa shape index (κ1) is 19.0. The molecule has 3 rings (SSSR count). The number of aromatic nitrogens is 1. The molecule has 2 aromatic heterocycles. The van der Waals surface area contributed by atoms with Crippen molar-refractivity contribution in [3.8, 4) is 9.88 Å². The van der Waals surface area contributed by atoms with E-state index in [4.69, 9.17) is 0 Å². The van der Waals surface area contributed by atoms with Crippen molar-refractivity contribution in [3.05, 3.63) is 22.0 Å². The van der Waals surface area contributed by atoms with Crippen LogP contribution in [0.15, 0.2) is 16.3 Å². The molecule has 1 saturated heterocycles. The van der Waals surface area contributed by atoms with Crippen LogP contribution in [0.3, 0.4) is 0 Å². The highest BCUT2D eigenvalue weighted by atomic mass is 32.2. The van der Waals surface area contributed by atoms with Crippen LogP contribution in [0.4, 0.5) is 0 Å². The van der Waals surface area contributed by atoms with Gasteiger partial charge in [0.2, 0.25) is 10.0 Å². The number of rotatable bonds is 5. The molecular formula is C17H25N3O2S3. The Kier molecular flexibility index (Phi) is 5.65. The van der Waals surface area contributed by atoms with Crippen LogP contribution in [0.1, 0.15) is 37.3 Å². The summed E-state index contributed by atoms with van der Waals surface area (Å²) in [6, 6.07) is 1.81. The maximum atomic E-state index is 13.1. The van der Waals surface area contributed by atoms with Gasteiger partial charge in [-0.25, -0.2) is 13.4 Å². The molecule has 1 aliphatic heterocycles. The second-order valence-corrected chi connectivity index (χ2v) is 10.6. The highest BCUT2D eigenvalue weighted by Crippen LogP contribution is 2.37. The molecule has 0 saturated carbocycles. The van der Waals surface area contributed by atoms with E-state index in [1.165, 1.54) is 11.3 Å². The lowest BCUT2D eigenvalue weighted by Gasteiger charge is -2.33. The fraction of sp³-hybridized carbons (Fsp3) is 0.588. The molecule has 138 valence electrons. The highest BCUT2D eigenvalue weighted by Gasteiger charge is 2.30. The van der Waals surface area contributed by atoms with Crippen molar-refractivity contribution in [2.45, 2.75) is 38.5 Å². The Hall–Kier alpha value is -0.800. The Morgan fingerprint density at radius 2 is 1.92 bits per heavy atom. The van der Waals surface area contributed by atoms with E-state index in [2.05, 4.69) is 36.0 Å². The van der Waals surface area contributed by atoms with Crippen molar-refractivity contribution in [1.29, 1.82) is 0 Å². The quantitative estimate of drug-likeness (QED) is 0.770. The smallest absolute Gasteiger partial charge is 0.244 e. The van der Waals surface area contributed by atoms with Gasteiger partial charge in [0.15, 0.2) is 0 Å². The van der Waals surface area contributed by atoms with Crippen molar-refractivity contribution < 1.29 is 8.42 Å². The van der Waals surface area contributed by atoms with Gasteiger partial charge in [-0.1, -0.05) is 20.8 Å². The van der Waals surface area contributed by atoms with E-state index in [-0.39, 0.29) is 0 Å². The van der Waals surface area contributed by atoms with Crippen molar-refractivity contribution in [1.82, 2.24) is 14.2 Å². The summed E-state index contributed by atoms with van der Waals surface area (Å²) in [6.45, 7) is 11.9. The normalized spacial score (nSPS) is 17.5. The van der Waals surface area contributed by atoms with E-state index >= 15 is 0 Å². The lowest BCUT2D eigenvalue weighted by molar-refractivity contribution is 0.196. The maximum absolute atomic E-state index is 13.1. The summed E-state index contributed by atoms with van der Waals surface area (Å²) in [7, 11) is -3.43. The summed E-state index contributed by atoms with van der Waals surface area (Å²) in [5.41, 5.74) is 1.06. The summed E-state index contributed by atoms with van der Waals surface area (Å²) in [5, 5.41) is 2.97. The first-order valence-electron chi connectivity index (χ1n) is 8.61. The zero-order chi connectivity index (χ0) is 18.2. The van der Waals surface area contributed by atoms with Crippen molar-refractivity contribution in [3.63, 3.8) is 0 Å². The van der Waals surface area contributed by atoms with E-state index in [0.717, 1.165) is 40.1 Å². The molecule has 0 N–H and O–H groups in total. The number of sulfonamides is 1. The molecule has 0 amide bonds. The number of thiazole rings is 1. The first-order chi connectivity index (χ1) is 11.8. The second-order valence-electron chi connectivity index (χ2n) is 6.60. The van der Waals surface area contributed by atoms with Gasteiger partial charge < -0.3 is 4.90 Å². The molecule has 0 radical (unpaired) electrons. The molecule has 25 heavy (non-hydrogen) atoms. The predicted molar refractivity (Wildman–Crippen MR) is 105 cm³/mol. The summed E-state index contributed by atoms with van der Waals surface area (Å²) >= 11 is 3.11. The second kappa shape index (κ2) is 7.44. The van der Waals surface area contributed by atoms with Crippen LogP contribution in [-0.2, 0) is 10.0 Å². The summed E-state index contributed by atoms with van der Waals surface area (Å²) in [6.07, 6.45) is 0. The number of aryl methyl sites for hydroxylation is 1. The largest absolute Gasteiger partial charge is 0.301 e. The third-order valence-electron chi connectivity index (χ3n) is 4.59. The number of piperazine rings is 1. The molecule has 5 nitrogen and oxygen atoms in total. The number of nitrogens with zero attached hydrogens (tertiary/aromatic N) is 3. The summed E-state index contributed by atoms with van der Waals surface area (Å²) in [4.78, 5) is 9.17. The molecule has 0 spiro atoms. The molecule has 1 fully saturated rings. The van der Waals surface area contributed by atoms with Crippen molar-refractivity contribution in [2.75, 3.05) is 32.7 Å². The molecule has 1 aliphatic rings. The standard InChI is InChI=1S/C17H25N3O2S3/c1-5-19-6-8-20(9-7-19)25(21,22)16-10-15(24-13(16)4)17-18-14(11-23-17)12(2)3/h10-12H,5-9H2,1-4H3. The monoisotopic (exact) mass is 399 g/mol. The zero-order valence-electron chi connectivity index (χ0n) is 15.2. The molecule has 3 heterocycles. The molecule has 8 heteroatoms. The number of likely N-dealkylation sites (N-methyl/N-ethyl adjacent to an activating group) is 1. The number of thiophene rings is 1. The molecule has 0 unspecified atom stereocenters. The fourth-order valence-corrected chi connectivity index (χ4v) is 6.94. The van der Waals surface area contributed by atoms with Crippen LogP contribution in [0, 0.1) is 6.92 Å². The predicted octanol–water partition coefficient (Wildman–Crippen LogP) is 3.63. The molecule has 0 atom stereocenters. The summed E-state index contributed by atoms with van der Waals surface area (Å²) in [5.74, 6) is 0.379. The Morgan fingerprint density at radius 3 is 2.48 bits per heavy atom. The number of hydrogen-bond acceptors (Lipinski definition) is 6. The van der Waals surface area contributed by atoms with Crippen LogP contribution in [0.5, 0.6) is 0 Å².